The van der Waals surface area contributed by atoms with E-state index < -0.39 is 25.0 Å². The van der Waals surface area contributed by atoms with Gasteiger partial charge in [0, 0.05) is 0 Å². The van der Waals surface area contributed by atoms with Gasteiger partial charge in [0.15, 0.2) is 25.0 Å². The van der Waals surface area contributed by atoms with E-state index in [1.807, 2.05) is 4.08 Å². The van der Waals surface area contributed by atoms with Crippen LogP contribution in [0, 0.1) is 0 Å². The number of methoxy groups -OCH3 is 1. The van der Waals surface area contributed by atoms with Crippen LogP contribution in [0.5, 0.6) is 0 Å². The van der Waals surface area contributed by atoms with E-state index in [0.717, 1.165) is 6.42 Å². The van der Waals surface area contributed by atoms with Gasteiger partial charge in [-0.25, -0.2) is 0 Å². The Hall–Kier alpha value is 0.391. The fraction of sp³-hybridized carbons (Fsp3) is 0.909. The van der Waals surface area contributed by atoms with Gasteiger partial charge in [-0.1, -0.05) is 84.9 Å². The van der Waals surface area contributed by atoms with Crippen molar-refractivity contribution in [1.29, 1.82) is 0 Å². The van der Waals surface area contributed by atoms with Crippen LogP contribution in [0.1, 0.15) is 88.5 Å². The Morgan fingerprint density at radius 1 is 0.864 bits per heavy atom. The normalized spacial score (nSPS) is 23.5. The highest BCUT2D eigenvalue weighted by molar-refractivity contribution is 14.1. The zero-order valence-corrected chi connectivity index (χ0v) is 36.3. The lowest BCUT2D eigenvalue weighted by molar-refractivity contribution is -0.195. The maximum absolute atomic E-state index is 12.2. The second-order valence-corrected chi connectivity index (χ2v) is 32.2. The molecule has 1 rings (SSSR count). The molecule has 0 amide bonds. The van der Waals surface area contributed by atoms with Crippen LogP contribution in [0.15, 0.2) is 10.2 Å². The van der Waals surface area contributed by atoms with Gasteiger partial charge >= 0.3 is 5.97 Å². The largest absolute Gasteiger partial charge is 0.469 e. The number of rotatable bonds is 14. The molecule has 7 nitrogen and oxygen atoms in total. The average molecular weight is 787 g/mol. The summed E-state index contributed by atoms with van der Waals surface area (Å²) in [5.74, 6) is -0.261. The van der Waals surface area contributed by atoms with E-state index >= 15 is 0 Å². The van der Waals surface area contributed by atoms with E-state index in [1.54, 1.807) is 0 Å². The lowest BCUT2D eigenvalue weighted by Crippen LogP contribution is -2.56. The molecule has 1 saturated heterocycles. The molecule has 0 aromatic carbocycles. The van der Waals surface area contributed by atoms with Crippen molar-refractivity contribution in [3.05, 3.63) is 10.2 Å². The first-order valence-corrected chi connectivity index (χ1v) is 26.3. The van der Waals surface area contributed by atoms with Crippen molar-refractivity contribution in [1.82, 2.24) is 0 Å². The third-order valence-electron chi connectivity index (χ3n) is 10.5. The molecule has 0 saturated carbocycles. The average Bonchev–Trinajstić information content (AvgIpc) is 2.84. The number of hydrogen-bond acceptors (Lipinski definition) is 7. The van der Waals surface area contributed by atoms with Crippen molar-refractivity contribution in [2.45, 2.75) is 180 Å². The minimum atomic E-state index is -2.17. The molecule has 0 aromatic rings. The van der Waals surface area contributed by atoms with E-state index in [0.29, 0.717) is 13.0 Å². The molecule has 1 fully saturated rings. The maximum Gasteiger partial charge on any atom is 0.308 e. The molecule has 0 radical (unpaired) electrons. The number of carbonyl (C=O) groups is 1. The molecular formula is C33H67IO7Si3. The Labute approximate surface area is 287 Å². The van der Waals surface area contributed by atoms with Crippen molar-refractivity contribution in [2.24, 2.45) is 0 Å². The number of hydrogen-bond donors (Lipinski definition) is 0. The molecule has 1 heterocycles. The fourth-order valence-corrected chi connectivity index (χ4v) is 8.42. The van der Waals surface area contributed by atoms with Crippen molar-refractivity contribution >= 4 is 53.5 Å². The molecule has 1 aliphatic rings. The van der Waals surface area contributed by atoms with Crippen molar-refractivity contribution in [2.75, 3.05) is 13.7 Å². The molecule has 4 unspecified atom stereocenters. The molecular weight excluding hydrogens is 720 g/mol. The van der Waals surface area contributed by atoms with Crippen molar-refractivity contribution in [3.8, 4) is 0 Å². The van der Waals surface area contributed by atoms with Gasteiger partial charge in [-0.2, -0.15) is 0 Å². The van der Waals surface area contributed by atoms with Crippen LogP contribution in [0.4, 0.5) is 0 Å². The standard InChI is InChI=1S/C33H67IO7Si3/c1-24(40-43(14,15)32(5,6)7)30(27(20-21-34)41-44(16,17)33(8,9)10)39-26-19-18-25(22-29(35)36-11)38-28(26)23-37-42(12,13)31(2,3)4/h20-21,24-28,30H,18-19,22-23H2,1-17H3/b21-20+/t24?,25?,26-,27?,28?,30+/m0/s1. The maximum atomic E-state index is 12.2. The van der Waals surface area contributed by atoms with Gasteiger partial charge in [-0.05, 0) is 84.3 Å². The summed E-state index contributed by atoms with van der Waals surface area (Å²) in [5.41, 5.74) is 0. The minimum Gasteiger partial charge on any atom is -0.469 e. The minimum absolute atomic E-state index is 0.0348. The predicted octanol–water partition coefficient (Wildman–Crippen LogP) is 9.62. The summed E-state index contributed by atoms with van der Waals surface area (Å²) in [5, 5.41) is 0.146. The monoisotopic (exact) mass is 786 g/mol. The van der Waals surface area contributed by atoms with Gasteiger partial charge in [-0.3, -0.25) is 4.79 Å². The number of halogens is 1. The van der Waals surface area contributed by atoms with E-state index in [1.165, 1.54) is 7.11 Å². The van der Waals surface area contributed by atoms with Gasteiger partial charge in [-0.15, -0.1) is 0 Å². The SMILES string of the molecule is COC(=O)CC1CC[C@H](O[C@H](C(C)O[Si](C)(C)C(C)(C)C)C(/C=C/I)O[Si](C)(C)C(C)(C)C)C(CO[Si](C)(C)C(C)(C)C)O1. The summed E-state index contributed by atoms with van der Waals surface area (Å²) in [6, 6.07) is 0. The number of carbonyl (C=O) groups excluding carboxylic acids is 1. The van der Waals surface area contributed by atoms with E-state index in [4.69, 9.17) is 27.5 Å². The first-order valence-electron chi connectivity index (χ1n) is 16.3. The summed E-state index contributed by atoms with van der Waals surface area (Å²) in [4.78, 5) is 12.2. The van der Waals surface area contributed by atoms with E-state index in [2.05, 4.69) is 137 Å². The Morgan fingerprint density at radius 3 is 1.82 bits per heavy atom. The Morgan fingerprint density at radius 2 is 1.36 bits per heavy atom. The second-order valence-electron chi connectivity index (χ2n) is 17.1. The van der Waals surface area contributed by atoms with Crippen LogP contribution in [0.25, 0.3) is 0 Å². The summed E-state index contributed by atoms with van der Waals surface area (Å²) in [7, 11) is -4.93. The summed E-state index contributed by atoms with van der Waals surface area (Å²) in [6.07, 6.45) is 2.15. The second kappa shape index (κ2) is 16.2. The van der Waals surface area contributed by atoms with Gasteiger partial charge < -0.3 is 27.5 Å². The van der Waals surface area contributed by atoms with Gasteiger partial charge in [0.25, 0.3) is 0 Å². The molecule has 0 aromatic heterocycles. The highest BCUT2D eigenvalue weighted by Gasteiger charge is 2.47. The molecule has 0 aliphatic carbocycles. The summed E-state index contributed by atoms with van der Waals surface area (Å²) < 4.78 is 41.5. The van der Waals surface area contributed by atoms with Crippen LogP contribution >= 0.6 is 22.6 Å². The van der Waals surface area contributed by atoms with Gasteiger partial charge in [0.05, 0.1) is 44.6 Å². The van der Waals surface area contributed by atoms with Crippen LogP contribution in [0.3, 0.4) is 0 Å². The smallest absolute Gasteiger partial charge is 0.308 e. The molecule has 0 N–H and O–H groups in total. The Balaban J connectivity index is 3.54. The third kappa shape index (κ3) is 12.1. The van der Waals surface area contributed by atoms with Gasteiger partial charge in [0.2, 0.25) is 0 Å². The molecule has 44 heavy (non-hydrogen) atoms. The molecule has 1 aliphatic heterocycles. The first kappa shape index (κ1) is 42.4. The lowest BCUT2D eigenvalue weighted by Gasteiger charge is -2.46. The van der Waals surface area contributed by atoms with Crippen LogP contribution in [-0.2, 0) is 32.3 Å². The molecule has 0 bridgehead atoms. The highest BCUT2D eigenvalue weighted by Crippen LogP contribution is 2.42. The van der Waals surface area contributed by atoms with Crippen LogP contribution < -0.4 is 0 Å². The van der Waals surface area contributed by atoms with Crippen LogP contribution in [0.2, 0.25) is 54.4 Å². The van der Waals surface area contributed by atoms with Crippen molar-refractivity contribution < 1.29 is 32.3 Å². The Bertz CT molecular complexity index is 935. The zero-order valence-electron chi connectivity index (χ0n) is 31.2. The third-order valence-corrected chi connectivity index (χ3v) is 24.5. The van der Waals surface area contributed by atoms with E-state index in [9.17, 15) is 4.79 Å². The fourth-order valence-electron chi connectivity index (χ4n) is 4.34. The van der Waals surface area contributed by atoms with Crippen molar-refractivity contribution in [3.63, 3.8) is 0 Å². The quantitative estimate of drug-likeness (QED) is 0.0987. The Kier molecular flexibility index (Phi) is 15.6. The van der Waals surface area contributed by atoms with E-state index in [-0.39, 0.29) is 64.1 Å². The molecule has 11 heteroatoms. The number of ether oxygens (including phenoxy) is 3. The zero-order chi connectivity index (χ0) is 34.5. The summed E-state index contributed by atoms with van der Waals surface area (Å²) in [6.45, 7) is 36.5. The number of esters is 1. The van der Waals surface area contributed by atoms with Crippen LogP contribution in [-0.4, -0.2) is 81.3 Å². The highest BCUT2D eigenvalue weighted by atomic mass is 127. The molecule has 6 atom stereocenters. The van der Waals surface area contributed by atoms with Gasteiger partial charge in [0.1, 0.15) is 12.2 Å². The lowest BCUT2D eigenvalue weighted by atomic mass is 9.98. The summed E-state index contributed by atoms with van der Waals surface area (Å²) >= 11 is 2.28. The molecule has 0 spiro atoms. The molecule has 260 valence electrons. The first-order chi connectivity index (χ1) is 19.7. The topological polar surface area (TPSA) is 72.5 Å². The predicted molar refractivity (Wildman–Crippen MR) is 199 cm³/mol.